The lowest BCUT2D eigenvalue weighted by atomic mass is 10.2. The highest BCUT2D eigenvalue weighted by atomic mass is 35.5. The van der Waals surface area contributed by atoms with Gasteiger partial charge in [0.1, 0.15) is 0 Å². The summed E-state index contributed by atoms with van der Waals surface area (Å²) in [6.07, 6.45) is 3.53. The molecule has 0 bridgehead atoms. The van der Waals surface area contributed by atoms with Gasteiger partial charge in [-0.3, -0.25) is 0 Å². The molecule has 1 unspecified atom stereocenters. The van der Waals surface area contributed by atoms with Crippen LogP contribution in [-0.4, -0.2) is 37.3 Å². The summed E-state index contributed by atoms with van der Waals surface area (Å²) >= 11 is 7.06. The van der Waals surface area contributed by atoms with Gasteiger partial charge in [0.05, 0.1) is 13.2 Å². The number of nitrogens with zero attached hydrogens (tertiary/aromatic N) is 1. The summed E-state index contributed by atoms with van der Waals surface area (Å²) < 4.78 is 10.1. The third-order valence-corrected chi connectivity index (χ3v) is 4.10. The minimum Gasteiger partial charge on any atom is -0.465 e. The normalized spacial score (nSPS) is 18.9. The van der Waals surface area contributed by atoms with Crippen molar-refractivity contribution < 1.29 is 14.3 Å². The van der Waals surface area contributed by atoms with Crippen LogP contribution >= 0.6 is 22.9 Å². The van der Waals surface area contributed by atoms with E-state index in [4.69, 9.17) is 16.3 Å². The van der Waals surface area contributed by atoms with Crippen LogP contribution in [0.1, 0.15) is 28.9 Å². The summed E-state index contributed by atoms with van der Waals surface area (Å²) in [5.74, 6) is -0.454. The minimum atomic E-state index is -0.454. The second kappa shape index (κ2) is 6.36. The van der Waals surface area contributed by atoms with Gasteiger partial charge in [0.15, 0.2) is 15.2 Å². The first-order chi connectivity index (χ1) is 8.70. The number of anilines is 1. The van der Waals surface area contributed by atoms with Gasteiger partial charge in [0.25, 0.3) is 0 Å². The maximum atomic E-state index is 11.3. The van der Waals surface area contributed by atoms with Crippen molar-refractivity contribution in [2.24, 2.45) is 0 Å². The number of hydrogen-bond donors (Lipinski definition) is 1. The minimum absolute atomic E-state index is 0.187. The summed E-state index contributed by atoms with van der Waals surface area (Å²) in [6.45, 7) is 1.62. The lowest BCUT2D eigenvalue weighted by Gasteiger charge is -2.08. The summed E-state index contributed by atoms with van der Waals surface area (Å²) in [7, 11) is 1.32. The monoisotopic (exact) mass is 290 g/mol. The zero-order valence-electron chi connectivity index (χ0n) is 10.1. The van der Waals surface area contributed by atoms with E-state index < -0.39 is 5.97 Å². The molecule has 100 valence electrons. The summed E-state index contributed by atoms with van der Waals surface area (Å²) in [4.78, 5) is 15.8. The van der Waals surface area contributed by atoms with Gasteiger partial charge < -0.3 is 14.8 Å². The second-order valence-electron chi connectivity index (χ2n) is 3.98. The Labute approximate surface area is 114 Å². The molecule has 5 nitrogen and oxygen atoms in total. The van der Waals surface area contributed by atoms with E-state index in [1.807, 2.05) is 0 Å². The van der Waals surface area contributed by atoms with Crippen molar-refractivity contribution >= 4 is 34.0 Å². The van der Waals surface area contributed by atoms with Crippen molar-refractivity contribution in [1.29, 1.82) is 0 Å². The van der Waals surface area contributed by atoms with Crippen LogP contribution in [0.15, 0.2) is 0 Å². The molecule has 0 amide bonds. The molecule has 1 atom stereocenters. The molecule has 1 N–H and O–H groups in total. The number of methoxy groups -OCH3 is 1. The quantitative estimate of drug-likeness (QED) is 0.845. The van der Waals surface area contributed by atoms with E-state index in [0.717, 1.165) is 32.4 Å². The largest absolute Gasteiger partial charge is 0.465 e. The van der Waals surface area contributed by atoms with E-state index in [1.54, 1.807) is 0 Å². The van der Waals surface area contributed by atoms with Gasteiger partial charge in [-0.25, -0.2) is 9.78 Å². The zero-order chi connectivity index (χ0) is 13.0. The van der Waals surface area contributed by atoms with Crippen molar-refractivity contribution in [3.05, 3.63) is 10.0 Å². The molecule has 0 spiro atoms. The predicted octanol–water partition coefficient (Wildman–Crippen LogP) is 2.56. The number of thiazole rings is 1. The fraction of sp³-hybridized carbons (Fsp3) is 0.636. The summed E-state index contributed by atoms with van der Waals surface area (Å²) in [5, 5.41) is 3.97. The van der Waals surface area contributed by atoms with Crippen molar-refractivity contribution in [3.63, 3.8) is 0 Å². The molecule has 7 heteroatoms. The lowest BCUT2D eigenvalue weighted by Crippen LogP contribution is -2.12. The van der Waals surface area contributed by atoms with Crippen LogP contribution in [0, 0.1) is 0 Å². The first kappa shape index (κ1) is 13.6. The van der Waals surface area contributed by atoms with Crippen LogP contribution in [0.4, 0.5) is 5.13 Å². The van der Waals surface area contributed by atoms with Crippen molar-refractivity contribution in [1.82, 2.24) is 4.98 Å². The highest BCUT2D eigenvalue weighted by Crippen LogP contribution is 2.27. The number of carbonyl (C=O) groups excluding carboxylic acids is 1. The number of hydrogen-bond acceptors (Lipinski definition) is 6. The van der Waals surface area contributed by atoms with Crippen LogP contribution in [0.3, 0.4) is 0 Å². The maximum Gasteiger partial charge on any atom is 0.351 e. The highest BCUT2D eigenvalue weighted by Gasteiger charge is 2.18. The average Bonchev–Trinajstić information content (AvgIpc) is 2.98. The fourth-order valence-electron chi connectivity index (χ4n) is 1.81. The van der Waals surface area contributed by atoms with Crippen LogP contribution in [0.5, 0.6) is 0 Å². The van der Waals surface area contributed by atoms with E-state index in [-0.39, 0.29) is 5.15 Å². The number of aromatic nitrogens is 1. The Balaban J connectivity index is 1.83. The number of nitrogens with one attached hydrogen (secondary N) is 1. The van der Waals surface area contributed by atoms with E-state index in [9.17, 15) is 4.79 Å². The Bertz CT molecular complexity index is 418. The molecule has 1 saturated heterocycles. The van der Waals surface area contributed by atoms with Crippen molar-refractivity contribution in [2.45, 2.75) is 25.4 Å². The molecule has 0 aliphatic carbocycles. The van der Waals surface area contributed by atoms with Gasteiger partial charge in [0, 0.05) is 13.2 Å². The molecule has 1 fully saturated rings. The molecule has 18 heavy (non-hydrogen) atoms. The Morgan fingerprint density at radius 1 is 1.72 bits per heavy atom. The summed E-state index contributed by atoms with van der Waals surface area (Å²) in [6, 6.07) is 0. The molecule has 0 aromatic carbocycles. The number of esters is 1. The average molecular weight is 291 g/mol. The molecule has 1 aliphatic rings. The molecule has 1 aromatic rings. The summed E-state index contributed by atoms with van der Waals surface area (Å²) in [5.41, 5.74) is 0. The maximum absolute atomic E-state index is 11.3. The molecular formula is C11H15ClN2O3S. The second-order valence-corrected chi connectivity index (χ2v) is 5.34. The molecule has 2 rings (SSSR count). The van der Waals surface area contributed by atoms with E-state index in [0.29, 0.717) is 16.1 Å². The van der Waals surface area contributed by atoms with E-state index in [1.165, 1.54) is 18.4 Å². The number of ether oxygens (including phenoxy) is 2. The Morgan fingerprint density at radius 3 is 3.22 bits per heavy atom. The van der Waals surface area contributed by atoms with Gasteiger partial charge in [-0.2, -0.15) is 0 Å². The topological polar surface area (TPSA) is 60.5 Å². The van der Waals surface area contributed by atoms with Crippen LogP contribution in [0.25, 0.3) is 0 Å². The third kappa shape index (κ3) is 3.34. The molecular weight excluding hydrogens is 276 g/mol. The number of halogens is 1. The third-order valence-electron chi connectivity index (χ3n) is 2.72. The first-order valence-corrected chi connectivity index (χ1v) is 7.00. The molecule has 1 aliphatic heterocycles. The molecule has 1 aromatic heterocycles. The van der Waals surface area contributed by atoms with Gasteiger partial charge >= 0.3 is 5.97 Å². The Hall–Kier alpha value is -0.850. The number of rotatable bonds is 5. The van der Waals surface area contributed by atoms with Gasteiger partial charge in [0.2, 0.25) is 0 Å². The zero-order valence-corrected chi connectivity index (χ0v) is 11.6. The molecule has 0 radical (unpaired) electrons. The highest BCUT2D eigenvalue weighted by molar-refractivity contribution is 7.18. The SMILES string of the molecule is COC(=O)c1sc(NCCC2CCCO2)nc1Cl. The van der Waals surface area contributed by atoms with Crippen molar-refractivity contribution in [3.8, 4) is 0 Å². The van der Waals surface area contributed by atoms with Crippen molar-refractivity contribution in [2.75, 3.05) is 25.6 Å². The predicted molar refractivity (Wildman–Crippen MR) is 70.5 cm³/mol. The first-order valence-electron chi connectivity index (χ1n) is 5.81. The van der Waals surface area contributed by atoms with Gasteiger partial charge in [-0.05, 0) is 19.3 Å². The van der Waals surface area contributed by atoms with Gasteiger partial charge in [-0.15, -0.1) is 0 Å². The number of carbonyl (C=O) groups is 1. The molecule has 0 saturated carbocycles. The molecule has 2 heterocycles. The Morgan fingerprint density at radius 2 is 2.56 bits per heavy atom. The van der Waals surface area contributed by atoms with Gasteiger partial charge in [-0.1, -0.05) is 22.9 Å². The van der Waals surface area contributed by atoms with E-state index >= 15 is 0 Å². The Kier molecular flexibility index (Phi) is 4.79. The van der Waals surface area contributed by atoms with E-state index in [2.05, 4.69) is 15.0 Å². The van der Waals surface area contributed by atoms with Crippen LogP contribution in [0.2, 0.25) is 5.15 Å². The smallest absolute Gasteiger partial charge is 0.351 e. The van der Waals surface area contributed by atoms with Crippen LogP contribution < -0.4 is 5.32 Å². The van der Waals surface area contributed by atoms with Crippen LogP contribution in [-0.2, 0) is 9.47 Å². The standard InChI is InChI=1S/C11H15ClN2O3S/c1-16-10(15)8-9(12)14-11(18-8)13-5-4-7-3-2-6-17-7/h7H,2-6H2,1H3,(H,13,14). The fourth-order valence-corrected chi connectivity index (χ4v) is 2.94. The lowest BCUT2D eigenvalue weighted by molar-refractivity contribution is 0.0606.